The van der Waals surface area contributed by atoms with Crippen LogP contribution in [0, 0.1) is 0 Å². The fourth-order valence-electron chi connectivity index (χ4n) is 1.96. The van der Waals surface area contributed by atoms with E-state index in [1.54, 1.807) is 0 Å². The van der Waals surface area contributed by atoms with Crippen LogP contribution in [0.3, 0.4) is 0 Å². The lowest BCUT2D eigenvalue weighted by atomic mass is 9.89. The number of ether oxygens (including phenoxy) is 2. The molecule has 0 aromatic rings. The fourth-order valence-corrected chi connectivity index (χ4v) is 1.96. The number of methoxy groups -OCH3 is 1. The van der Waals surface area contributed by atoms with E-state index in [0.717, 1.165) is 31.6 Å². The van der Waals surface area contributed by atoms with Gasteiger partial charge in [0.1, 0.15) is 0 Å². The van der Waals surface area contributed by atoms with Gasteiger partial charge in [-0.2, -0.15) is 0 Å². The van der Waals surface area contributed by atoms with Gasteiger partial charge in [-0.25, -0.2) is 4.79 Å². The van der Waals surface area contributed by atoms with Gasteiger partial charge in [-0.3, -0.25) is 0 Å². The smallest absolute Gasteiger partial charge is 0.333 e. The second-order valence-corrected chi connectivity index (χ2v) is 4.23. The van der Waals surface area contributed by atoms with Gasteiger partial charge in [-0.15, -0.1) is 0 Å². The summed E-state index contributed by atoms with van der Waals surface area (Å²) >= 11 is 0. The third kappa shape index (κ3) is 4.48. The first-order valence-electron chi connectivity index (χ1n) is 6.33. The molecule has 0 unspecified atom stereocenters. The summed E-state index contributed by atoms with van der Waals surface area (Å²) < 4.78 is 10.2. The molecule has 0 spiro atoms. The highest BCUT2D eigenvalue weighted by molar-refractivity contribution is 5.88. The van der Waals surface area contributed by atoms with Crippen LogP contribution in [0.5, 0.6) is 0 Å². The molecule has 1 N–H and O–H groups in total. The van der Waals surface area contributed by atoms with Gasteiger partial charge in [-0.05, 0) is 26.2 Å². The van der Waals surface area contributed by atoms with Crippen molar-refractivity contribution >= 4 is 5.97 Å². The largest absolute Gasteiger partial charge is 0.466 e. The van der Waals surface area contributed by atoms with Gasteiger partial charge in [0, 0.05) is 24.8 Å². The fraction of sp³-hybridized carbons (Fsp3) is 0.769. The summed E-state index contributed by atoms with van der Waals surface area (Å²) in [5.41, 5.74) is 0.737. The molecule has 0 aromatic carbocycles. The predicted octanol–water partition coefficient (Wildman–Crippen LogP) is 1.65. The average molecular weight is 241 g/mol. The third-order valence-corrected chi connectivity index (χ3v) is 3.08. The van der Waals surface area contributed by atoms with E-state index in [0.29, 0.717) is 18.6 Å². The maximum atomic E-state index is 11.3. The van der Waals surface area contributed by atoms with Crippen LogP contribution in [0.25, 0.3) is 0 Å². The van der Waals surface area contributed by atoms with Crippen molar-refractivity contribution in [3.8, 4) is 0 Å². The molecule has 0 atom stereocenters. The van der Waals surface area contributed by atoms with E-state index in [1.165, 1.54) is 7.11 Å². The van der Waals surface area contributed by atoms with Crippen molar-refractivity contribution in [1.82, 2.24) is 5.32 Å². The molecule has 1 saturated carbocycles. The van der Waals surface area contributed by atoms with Gasteiger partial charge in [0.25, 0.3) is 0 Å². The standard InChI is InChI=1S/C13H23NO3/c1-4-10(13(15)16-3)6-7-14-11-8-12(9-11)17-5-2/h6,11-12,14H,4-5,7-9H2,1-3H3/b10-6-. The molecule has 98 valence electrons. The Bertz CT molecular complexity index is 270. The molecule has 0 bridgehead atoms. The molecular weight excluding hydrogens is 218 g/mol. The zero-order chi connectivity index (χ0) is 12.7. The highest BCUT2D eigenvalue weighted by atomic mass is 16.5. The van der Waals surface area contributed by atoms with Gasteiger partial charge in [0.15, 0.2) is 0 Å². The Morgan fingerprint density at radius 2 is 2.12 bits per heavy atom. The highest BCUT2D eigenvalue weighted by Crippen LogP contribution is 2.22. The van der Waals surface area contributed by atoms with Gasteiger partial charge >= 0.3 is 5.97 Å². The Balaban J connectivity index is 2.19. The molecule has 0 aliphatic heterocycles. The Labute approximate surface area is 103 Å². The predicted molar refractivity (Wildman–Crippen MR) is 66.8 cm³/mol. The van der Waals surface area contributed by atoms with Crippen LogP contribution >= 0.6 is 0 Å². The van der Waals surface area contributed by atoms with E-state index in [4.69, 9.17) is 9.47 Å². The lowest BCUT2D eigenvalue weighted by molar-refractivity contribution is -0.136. The van der Waals surface area contributed by atoms with Crippen LogP contribution in [0.1, 0.15) is 33.1 Å². The van der Waals surface area contributed by atoms with Gasteiger partial charge in [0.2, 0.25) is 0 Å². The van der Waals surface area contributed by atoms with Crippen molar-refractivity contribution in [3.05, 3.63) is 11.6 Å². The molecule has 1 rings (SSSR count). The first kappa shape index (κ1) is 14.2. The number of hydrogen-bond acceptors (Lipinski definition) is 4. The van der Waals surface area contributed by atoms with E-state index >= 15 is 0 Å². The van der Waals surface area contributed by atoms with Crippen molar-refractivity contribution in [2.24, 2.45) is 0 Å². The summed E-state index contributed by atoms with van der Waals surface area (Å²) in [4.78, 5) is 11.3. The van der Waals surface area contributed by atoms with E-state index in [1.807, 2.05) is 19.9 Å². The molecule has 0 amide bonds. The SMILES string of the molecule is CCOC1CC(NC/C=C(/CC)C(=O)OC)C1. The summed E-state index contributed by atoms with van der Waals surface area (Å²) in [5, 5.41) is 3.39. The maximum absolute atomic E-state index is 11.3. The lowest BCUT2D eigenvalue weighted by Gasteiger charge is -2.35. The van der Waals surface area contributed by atoms with Gasteiger partial charge in [-0.1, -0.05) is 13.0 Å². The number of nitrogens with one attached hydrogen (secondary N) is 1. The first-order chi connectivity index (χ1) is 8.21. The number of carbonyl (C=O) groups excluding carboxylic acids is 1. The maximum Gasteiger partial charge on any atom is 0.333 e. The minimum atomic E-state index is -0.227. The monoisotopic (exact) mass is 241 g/mol. The molecule has 17 heavy (non-hydrogen) atoms. The summed E-state index contributed by atoms with van der Waals surface area (Å²) in [6.07, 6.45) is 5.19. The first-order valence-corrected chi connectivity index (χ1v) is 6.33. The molecule has 1 fully saturated rings. The quantitative estimate of drug-likeness (QED) is 0.544. The van der Waals surface area contributed by atoms with Crippen LogP contribution in [-0.4, -0.2) is 38.4 Å². The van der Waals surface area contributed by atoms with Crippen molar-refractivity contribution in [2.75, 3.05) is 20.3 Å². The molecule has 4 nitrogen and oxygen atoms in total. The van der Waals surface area contributed by atoms with Crippen LogP contribution in [0.4, 0.5) is 0 Å². The molecule has 1 aliphatic rings. The van der Waals surface area contributed by atoms with Crippen LogP contribution in [0.15, 0.2) is 11.6 Å². The van der Waals surface area contributed by atoms with Crippen molar-refractivity contribution in [2.45, 2.75) is 45.3 Å². The van der Waals surface area contributed by atoms with Crippen LogP contribution in [0.2, 0.25) is 0 Å². The number of esters is 1. The minimum Gasteiger partial charge on any atom is -0.466 e. The molecule has 0 saturated heterocycles. The molecule has 0 radical (unpaired) electrons. The van der Waals surface area contributed by atoms with Crippen LogP contribution in [-0.2, 0) is 14.3 Å². The van der Waals surface area contributed by atoms with E-state index in [2.05, 4.69) is 5.32 Å². The molecule has 0 heterocycles. The summed E-state index contributed by atoms with van der Waals surface area (Å²) in [6.45, 7) is 5.49. The minimum absolute atomic E-state index is 0.227. The third-order valence-electron chi connectivity index (χ3n) is 3.08. The van der Waals surface area contributed by atoms with Crippen molar-refractivity contribution in [1.29, 1.82) is 0 Å². The second kappa shape index (κ2) is 7.45. The Kier molecular flexibility index (Phi) is 6.22. The lowest BCUT2D eigenvalue weighted by Crippen LogP contribution is -2.45. The highest BCUT2D eigenvalue weighted by Gasteiger charge is 2.28. The number of hydrogen-bond donors (Lipinski definition) is 1. The van der Waals surface area contributed by atoms with E-state index in [9.17, 15) is 4.79 Å². The molecule has 1 aliphatic carbocycles. The van der Waals surface area contributed by atoms with Crippen molar-refractivity contribution in [3.63, 3.8) is 0 Å². The summed E-state index contributed by atoms with van der Waals surface area (Å²) in [5.74, 6) is -0.227. The van der Waals surface area contributed by atoms with Crippen LogP contribution < -0.4 is 5.32 Å². The van der Waals surface area contributed by atoms with E-state index in [-0.39, 0.29) is 5.97 Å². The number of rotatable bonds is 7. The van der Waals surface area contributed by atoms with E-state index < -0.39 is 0 Å². The average Bonchev–Trinajstić information content (AvgIpc) is 2.30. The number of carbonyl (C=O) groups is 1. The second-order valence-electron chi connectivity index (χ2n) is 4.23. The molecular formula is C13H23NO3. The van der Waals surface area contributed by atoms with Gasteiger partial charge in [0.05, 0.1) is 13.2 Å². The molecule has 0 aromatic heterocycles. The summed E-state index contributed by atoms with van der Waals surface area (Å²) in [7, 11) is 1.41. The van der Waals surface area contributed by atoms with Gasteiger partial charge < -0.3 is 14.8 Å². The Morgan fingerprint density at radius 3 is 2.65 bits per heavy atom. The Hall–Kier alpha value is -0.870. The van der Waals surface area contributed by atoms with Crippen molar-refractivity contribution < 1.29 is 14.3 Å². The summed E-state index contributed by atoms with van der Waals surface area (Å²) in [6, 6.07) is 0.526. The zero-order valence-electron chi connectivity index (χ0n) is 11.0. The Morgan fingerprint density at radius 1 is 1.41 bits per heavy atom. The molecule has 4 heteroatoms. The zero-order valence-corrected chi connectivity index (χ0v) is 11.0. The topological polar surface area (TPSA) is 47.6 Å². The normalized spacial score (nSPS) is 24.3.